The van der Waals surface area contributed by atoms with Gasteiger partial charge in [-0.2, -0.15) is 0 Å². The van der Waals surface area contributed by atoms with Crippen molar-refractivity contribution >= 4 is 57.2 Å². The smallest absolute Gasteiger partial charge is 0.355 e. The number of nitro benzene ring substituents is 1. The Bertz CT molecular complexity index is 1550. The minimum absolute atomic E-state index is 0.00862. The maximum absolute atomic E-state index is 13.8. The van der Waals surface area contributed by atoms with Crippen molar-refractivity contribution in [2.75, 3.05) is 7.11 Å². The summed E-state index contributed by atoms with van der Waals surface area (Å²) in [6.07, 6.45) is 3.70. The lowest BCUT2D eigenvalue weighted by Gasteiger charge is -2.51. The van der Waals surface area contributed by atoms with Crippen LogP contribution in [-0.4, -0.2) is 55.0 Å². The van der Waals surface area contributed by atoms with Crippen molar-refractivity contribution in [1.82, 2.24) is 9.47 Å². The van der Waals surface area contributed by atoms with E-state index in [0.717, 1.165) is 30.5 Å². The normalized spacial score (nSPS) is 25.7. The number of carbonyl (C=O) groups is 4. The van der Waals surface area contributed by atoms with Gasteiger partial charge in [0.05, 0.1) is 12.0 Å². The number of amides is 1. The number of halogens is 1. The number of hydrogen-bond acceptors (Lipinski definition) is 10. The minimum Gasteiger partial charge on any atom is -0.468 e. The summed E-state index contributed by atoms with van der Waals surface area (Å²) in [4.78, 5) is 63.1. The zero-order valence-corrected chi connectivity index (χ0v) is 25.0. The molecule has 12 nitrogen and oxygen atoms in total. The largest absolute Gasteiger partial charge is 0.468 e. The first-order chi connectivity index (χ1) is 20.0. The van der Waals surface area contributed by atoms with E-state index in [1.165, 1.54) is 55.0 Å². The molecule has 1 aromatic heterocycles. The lowest BCUT2D eigenvalue weighted by Crippen LogP contribution is -2.70. The zero-order valence-electron chi connectivity index (χ0n) is 22.6. The van der Waals surface area contributed by atoms with E-state index < -0.39 is 44.5 Å². The van der Waals surface area contributed by atoms with Crippen molar-refractivity contribution < 1.29 is 38.3 Å². The van der Waals surface area contributed by atoms with Crippen molar-refractivity contribution in [2.24, 2.45) is 0 Å². The van der Waals surface area contributed by atoms with Crippen molar-refractivity contribution in [3.63, 3.8) is 0 Å². The predicted molar refractivity (Wildman–Crippen MR) is 151 cm³/mol. The number of benzene rings is 1. The third kappa shape index (κ3) is 4.42. The standard InChI is InChI=1S/C28H26BrN3O9S/c1-14(33)41-24(19-10-30(11-21(34)39-2)23-17-6-5-16(9-17)22(19)23)28(29)26(36)31-20(13-42-27(28)31)25(35)40-12-15-3-7-18(8-4-15)32(37)38/h3-4,7-8,10,13,16-17,24,27H,5-6,9,11-12H2,1-2H3/t16?,17?,24?,27-,28?/m1/s1. The van der Waals surface area contributed by atoms with Crippen LogP contribution in [0.4, 0.5) is 5.69 Å². The molecular formula is C28H26BrN3O9S. The molecule has 1 saturated carbocycles. The molecule has 1 saturated heterocycles. The third-order valence-electron chi connectivity index (χ3n) is 8.33. The first kappa shape index (κ1) is 28.5. The average molecular weight is 660 g/mol. The van der Waals surface area contributed by atoms with Crippen molar-refractivity contribution in [2.45, 2.75) is 67.0 Å². The summed E-state index contributed by atoms with van der Waals surface area (Å²) in [7, 11) is 1.33. The van der Waals surface area contributed by atoms with Gasteiger partial charge in [-0.1, -0.05) is 15.9 Å². The minimum atomic E-state index is -1.37. The van der Waals surface area contributed by atoms with Crippen LogP contribution in [0, 0.1) is 10.1 Å². The van der Waals surface area contributed by atoms with E-state index in [1.54, 1.807) is 11.6 Å². The van der Waals surface area contributed by atoms with Crippen LogP contribution < -0.4 is 0 Å². The summed E-state index contributed by atoms with van der Waals surface area (Å²) in [5.41, 5.74) is 3.25. The molecule has 4 aliphatic rings. The summed E-state index contributed by atoms with van der Waals surface area (Å²) in [6, 6.07) is 5.62. The Morgan fingerprint density at radius 2 is 1.93 bits per heavy atom. The van der Waals surface area contributed by atoms with Crippen molar-refractivity contribution in [3.8, 4) is 0 Å². The maximum Gasteiger partial charge on any atom is 0.355 e. The van der Waals surface area contributed by atoms with E-state index in [4.69, 9.17) is 14.2 Å². The van der Waals surface area contributed by atoms with E-state index in [1.807, 2.05) is 4.57 Å². The van der Waals surface area contributed by atoms with Gasteiger partial charge in [-0.05, 0) is 48.4 Å². The van der Waals surface area contributed by atoms with Crippen LogP contribution in [-0.2, 0) is 46.5 Å². The summed E-state index contributed by atoms with van der Waals surface area (Å²) in [5.74, 6) is -1.64. The van der Waals surface area contributed by atoms with Gasteiger partial charge in [0.15, 0.2) is 10.4 Å². The zero-order chi connectivity index (χ0) is 29.9. The summed E-state index contributed by atoms with van der Waals surface area (Å²) in [5, 5.41) is 11.8. The maximum atomic E-state index is 13.8. The van der Waals surface area contributed by atoms with E-state index in [-0.39, 0.29) is 36.4 Å². The lowest BCUT2D eigenvalue weighted by molar-refractivity contribution is -0.384. The highest BCUT2D eigenvalue weighted by atomic mass is 79.9. The molecule has 6 rings (SSSR count). The van der Waals surface area contributed by atoms with Crippen LogP contribution in [0.2, 0.25) is 0 Å². The lowest BCUT2D eigenvalue weighted by atomic mass is 9.83. The first-order valence-corrected chi connectivity index (χ1v) is 15.0. The molecule has 0 spiro atoms. The molecule has 2 fully saturated rings. The number of thioether (sulfide) groups is 1. The van der Waals surface area contributed by atoms with Gasteiger partial charge in [-0.25, -0.2) is 4.79 Å². The first-order valence-electron chi connectivity index (χ1n) is 13.3. The number of carbonyl (C=O) groups excluding carboxylic acids is 4. The van der Waals surface area contributed by atoms with Crippen LogP contribution in [0.15, 0.2) is 41.6 Å². The number of methoxy groups -OCH3 is 1. The fourth-order valence-electron chi connectivity index (χ4n) is 6.51. The molecule has 3 heterocycles. The number of ether oxygens (including phenoxy) is 3. The van der Waals surface area contributed by atoms with Crippen LogP contribution in [0.25, 0.3) is 0 Å². The van der Waals surface area contributed by atoms with Gasteiger partial charge in [-0.15, -0.1) is 11.8 Å². The van der Waals surface area contributed by atoms with E-state index in [0.29, 0.717) is 11.1 Å². The van der Waals surface area contributed by atoms with Gasteiger partial charge in [0.2, 0.25) is 0 Å². The van der Waals surface area contributed by atoms with Crippen LogP contribution in [0.3, 0.4) is 0 Å². The Kier molecular flexibility index (Phi) is 7.16. The number of rotatable bonds is 9. The second-order valence-corrected chi connectivity index (χ2v) is 13.0. The Morgan fingerprint density at radius 3 is 2.60 bits per heavy atom. The molecule has 42 heavy (non-hydrogen) atoms. The number of hydrogen-bond donors (Lipinski definition) is 0. The van der Waals surface area contributed by atoms with Crippen LogP contribution in [0.5, 0.6) is 0 Å². The third-order valence-corrected chi connectivity index (χ3v) is 11.0. The quantitative estimate of drug-likeness (QED) is 0.0959. The Hall–Kier alpha value is -3.65. The average Bonchev–Trinajstić information content (AvgIpc) is 3.76. The highest BCUT2D eigenvalue weighted by Gasteiger charge is 2.69. The van der Waals surface area contributed by atoms with Crippen LogP contribution >= 0.6 is 27.7 Å². The number of alkyl halides is 1. The SMILES string of the molecule is COC(=O)Cn1cc(C(OC(C)=O)C2(Br)C(=O)N3C(C(=O)OCc4ccc([N+](=O)[O-])cc4)=CS[C@@H]32)c2c1C1CCC2C1. The van der Waals surface area contributed by atoms with Gasteiger partial charge < -0.3 is 18.8 Å². The van der Waals surface area contributed by atoms with Gasteiger partial charge in [0.25, 0.3) is 11.6 Å². The summed E-state index contributed by atoms with van der Waals surface area (Å²) >= 11 is 4.88. The fraction of sp³-hybridized carbons (Fsp3) is 0.429. The second-order valence-electron chi connectivity index (χ2n) is 10.7. The van der Waals surface area contributed by atoms with E-state index in [2.05, 4.69) is 15.9 Å². The number of nitro groups is 1. The molecule has 2 aliphatic carbocycles. The Labute approximate surface area is 252 Å². The number of non-ortho nitro benzene ring substituents is 1. The highest BCUT2D eigenvalue weighted by molar-refractivity contribution is 9.10. The summed E-state index contributed by atoms with van der Waals surface area (Å²) in [6.45, 7) is 1.15. The van der Waals surface area contributed by atoms with Gasteiger partial charge >= 0.3 is 17.9 Å². The molecule has 4 unspecified atom stereocenters. The number of aromatic nitrogens is 1. The Balaban J connectivity index is 1.24. The molecule has 5 atom stereocenters. The molecule has 220 valence electrons. The second kappa shape index (κ2) is 10.6. The summed E-state index contributed by atoms with van der Waals surface area (Å²) < 4.78 is 16.7. The van der Waals surface area contributed by atoms with E-state index in [9.17, 15) is 29.3 Å². The number of nitrogens with zero attached hydrogens (tertiary/aromatic N) is 3. The van der Waals surface area contributed by atoms with Crippen molar-refractivity contribution in [1.29, 1.82) is 0 Å². The van der Waals surface area contributed by atoms with Gasteiger partial charge in [0.1, 0.15) is 24.2 Å². The molecule has 2 aliphatic heterocycles. The molecule has 2 aromatic rings. The molecule has 1 aromatic carbocycles. The molecule has 0 radical (unpaired) electrons. The predicted octanol–water partition coefficient (Wildman–Crippen LogP) is 4.17. The number of esters is 3. The van der Waals surface area contributed by atoms with E-state index >= 15 is 0 Å². The van der Waals surface area contributed by atoms with Crippen LogP contribution in [0.1, 0.15) is 66.5 Å². The topological polar surface area (TPSA) is 147 Å². The highest BCUT2D eigenvalue weighted by Crippen LogP contribution is 2.62. The molecule has 14 heteroatoms. The number of β-lactam (4-membered cyclic amide) rings is 1. The molecule has 2 bridgehead atoms. The fourth-order valence-corrected chi connectivity index (χ4v) is 8.79. The number of fused-ring (bicyclic) bond motifs is 6. The van der Waals surface area contributed by atoms with Gasteiger partial charge in [-0.3, -0.25) is 29.4 Å². The molecule has 0 N–H and O–H groups in total. The monoisotopic (exact) mass is 659 g/mol. The van der Waals surface area contributed by atoms with Gasteiger partial charge in [0, 0.05) is 47.8 Å². The Morgan fingerprint density at radius 1 is 1.21 bits per heavy atom. The molecule has 1 amide bonds. The van der Waals surface area contributed by atoms with Crippen molar-refractivity contribution in [3.05, 3.63) is 74.1 Å². The molecular weight excluding hydrogens is 634 g/mol.